The quantitative estimate of drug-likeness (QED) is 0.724. The predicted molar refractivity (Wildman–Crippen MR) is 65.7 cm³/mol. The summed E-state index contributed by atoms with van der Waals surface area (Å²) in [6.07, 6.45) is -0.277. The van der Waals surface area contributed by atoms with Crippen molar-refractivity contribution in [2.75, 3.05) is 19.8 Å². The standard InChI is InChI=1S/C13H20O5/c1-9(2)8-16-6-7-17-10(3)11-4-5-12(18-11)13(14)15/h4-5,9-10H,6-8H2,1-3H3,(H,14,15). The molecule has 0 spiro atoms. The number of hydrogen-bond acceptors (Lipinski definition) is 4. The molecule has 1 aromatic rings. The molecule has 0 saturated heterocycles. The van der Waals surface area contributed by atoms with Crippen LogP contribution in [0.1, 0.15) is 43.2 Å². The molecule has 1 atom stereocenters. The Bertz CT molecular complexity index is 369. The number of carboxylic acid groups (broad SMARTS) is 1. The van der Waals surface area contributed by atoms with Gasteiger partial charge < -0.3 is 19.0 Å². The Kier molecular flexibility index (Phi) is 5.88. The van der Waals surface area contributed by atoms with Gasteiger partial charge in [-0.3, -0.25) is 0 Å². The van der Waals surface area contributed by atoms with Gasteiger partial charge in [0.1, 0.15) is 11.9 Å². The fraction of sp³-hybridized carbons (Fsp3) is 0.615. The van der Waals surface area contributed by atoms with E-state index < -0.39 is 5.97 Å². The zero-order valence-corrected chi connectivity index (χ0v) is 11.0. The van der Waals surface area contributed by atoms with E-state index in [4.69, 9.17) is 19.0 Å². The molecule has 102 valence electrons. The minimum Gasteiger partial charge on any atom is -0.475 e. The van der Waals surface area contributed by atoms with Crippen molar-refractivity contribution in [3.63, 3.8) is 0 Å². The van der Waals surface area contributed by atoms with Gasteiger partial charge in [-0.15, -0.1) is 0 Å². The van der Waals surface area contributed by atoms with Crippen LogP contribution in [0.25, 0.3) is 0 Å². The van der Waals surface area contributed by atoms with Gasteiger partial charge in [0, 0.05) is 6.61 Å². The summed E-state index contributed by atoms with van der Waals surface area (Å²) < 4.78 is 16.0. The lowest BCUT2D eigenvalue weighted by Crippen LogP contribution is -2.10. The molecule has 18 heavy (non-hydrogen) atoms. The average Bonchev–Trinajstić information content (AvgIpc) is 2.77. The molecule has 1 N–H and O–H groups in total. The highest BCUT2D eigenvalue weighted by molar-refractivity contribution is 5.84. The van der Waals surface area contributed by atoms with Crippen LogP contribution in [0.15, 0.2) is 16.5 Å². The van der Waals surface area contributed by atoms with Crippen LogP contribution in [0.3, 0.4) is 0 Å². The third-order valence-corrected chi connectivity index (χ3v) is 2.28. The molecule has 1 unspecified atom stereocenters. The molecule has 0 amide bonds. The highest BCUT2D eigenvalue weighted by atomic mass is 16.5. The van der Waals surface area contributed by atoms with E-state index >= 15 is 0 Å². The normalized spacial score (nSPS) is 12.9. The molecule has 1 rings (SSSR count). The van der Waals surface area contributed by atoms with Gasteiger partial charge in [0.2, 0.25) is 5.76 Å². The van der Waals surface area contributed by atoms with Crippen molar-refractivity contribution >= 4 is 5.97 Å². The molecule has 0 bridgehead atoms. The first-order chi connectivity index (χ1) is 8.50. The molecular formula is C13H20O5. The van der Waals surface area contributed by atoms with Gasteiger partial charge in [-0.2, -0.15) is 0 Å². The highest BCUT2D eigenvalue weighted by Gasteiger charge is 2.14. The Labute approximate surface area is 107 Å². The number of carbonyl (C=O) groups is 1. The zero-order valence-electron chi connectivity index (χ0n) is 11.0. The Morgan fingerprint density at radius 2 is 2.06 bits per heavy atom. The van der Waals surface area contributed by atoms with Gasteiger partial charge in [-0.25, -0.2) is 4.79 Å². The first kappa shape index (κ1) is 14.7. The van der Waals surface area contributed by atoms with Crippen LogP contribution in [0, 0.1) is 5.92 Å². The summed E-state index contributed by atoms with van der Waals surface area (Å²) in [5.74, 6) is -0.132. The summed E-state index contributed by atoms with van der Waals surface area (Å²) in [5.41, 5.74) is 0. The Morgan fingerprint density at radius 3 is 2.61 bits per heavy atom. The summed E-state index contributed by atoms with van der Waals surface area (Å²) in [5, 5.41) is 8.72. The van der Waals surface area contributed by atoms with E-state index in [0.29, 0.717) is 31.5 Å². The number of rotatable bonds is 8. The lowest BCUT2D eigenvalue weighted by molar-refractivity contribution is -0.00257. The van der Waals surface area contributed by atoms with Crippen LogP contribution in [-0.2, 0) is 9.47 Å². The minimum absolute atomic E-state index is 0.0727. The molecule has 0 aromatic carbocycles. The maximum absolute atomic E-state index is 10.6. The number of furan rings is 1. The van der Waals surface area contributed by atoms with E-state index in [9.17, 15) is 4.79 Å². The Balaban J connectivity index is 2.27. The number of hydrogen-bond donors (Lipinski definition) is 1. The van der Waals surface area contributed by atoms with Crippen molar-refractivity contribution in [2.24, 2.45) is 5.92 Å². The van der Waals surface area contributed by atoms with Crippen molar-refractivity contribution in [2.45, 2.75) is 26.9 Å². The zero-order chi connectivity index (χ0) is 13.5. The first-order valence-corrected chi connectivity index (χ1v) is 6.03. The molecular weight excluding hydrogens is 236 g/mol. The number of carboxylic acids is 1. The summed E-state index contributed by atoms with van der Waals surface area (Å²) in [7, 11) is 0. The SMILES string of the molecule is CC(C)COCCOC(C)c1ccc(C(=O)O)o1. The van der Waals surface area contributed by atoms with Crippen molar-refractivity contribution in [3.05, 3.63) is 23.7 Å². The molecule has 0 fully saturated rings. The van der Waals surface area contributed by atoms with E-state index in [-0.39, 0.29) is 11.9 Å². The number of ether oxygens (including phenoxy) is 2. The molecule has 0 aliphatic heterocycles. The van der Waals surface area contributed by atoms with Crippen LogP contribution in [0.5, 0.6) is 0 Å². The first-order valence-electron chi connectivity index (χ1n) is 6.03. The van der Waals surface area contributed by atoms with E-state index in [2.05, 4.69) is 13.8 Å². The second-order valence-corrected chi connectivity index (χ2v) is 4.49. The largest absolute Gasteiger partial charge is 0.475 e. The van der Waals surface area contributed by atoms with Crippen molar-refractivity contribution < 1.29 is 23.8 Å². The summed E-state index contributed by atoms with van der Waals surface area (Å²) in [6.45, 7) is 7.67. The molecule has 0 saturated carbocycles. The minimum atomic E-state index is -1.08. The fourth-order valence-corrected chi connectivity index (χ4v) is 1.37. The van der Waals surface area contributed by atoms with Gasteiger partial charge >= 0.3 is 5.97 Å². The van der Waals surface area contributed by atoms with Crippen LogP contribution < -0.4 is 0 Å². The van der Waals surface area contributed by atoms with E-state index in [0.717, 1.165) is 0 Å². The predicted octanol–water partition coefficient (Wildman–Crippen LogP) is 2.73. The molecule has 0 radical (unpaired) electrons. The second kappa shape index (κ2) is 7.18. The lowest BCUT2D eigenvalue weighted by Gasteiger charge is -2.11. The van der Waals surface area contributed by atoms with Gasteiger partial charge in [-0.1, -0.05) is 13.8 Å². The summed E-state index contributed by atoms with van der Waals surface area (Å²) >= 11 is 0. The summed E-state index contributed by atoms with van der Waals surface area (Å²) in [6, 6.07) is 3.04. The third kappa shape index (κ3) is 4.89. The van der Waals surface area contributed by atoms with Crippen molar-refractivity contribution in [3.8, 4) is 0 Å². The van der Waals surface area contributed by atoms with Crippen LogP contribution in [0.4, 0.5) is 0 Å². The monoisotopic (exact) mass is 256 g/mol. The van der Waals surface area contributed by atoms with Crippen LogP contribution in [0.2, 0.25) is 0 Å². The van der Waals surface area contributed by atoms with Crippen LogP contribution >= 0.6 is 0 Å². The van der Waals surface area contributed by atoms with Crippen molar-refractivity contribution in [1.29, 1.82) is 0 Å². The van der Waals surface area contributed by atoms with E-state index in [1.54, 1.807) is 6.07 Å². The number of aromatic carboxylic acids is 1. The van der Waals surface area contributed by atoms with E-state index in [1.165, 1.54) is 6.07 Å². The van der Waals surface area contributed by atoms with Crippen molar-refractivity contribution in [1.82, 2.24) is 0 Å². The van der Waals surface area contributed by atoms with E-state index in [1.807, 2.05) is 6.92 Å². The molecule has 1 heterocycles. The topological polar surface area (TPSA) is 68.9 Å². The molecule has 0 aliphatic carbocycles. The van der Waals surface area contributed by atoms with Crippen LogP contribution in [-0.4, -0.2) is 30.9 Å². The maximum atomic E-state index is 10.6. The molecule has 1 aromatic heterocycles. The fourth-order valence-electron chi connectivity index (χ4n) is 1.37. The van der Waals surface area contributed by atoms with Gasteiger partial charge in [0.25, 0.3) is 0 Å². The summed E-state index contributed by atoms with van der Waals surface area (Å²) in [4.78, 5) is 10.6. The molecule has 5 heteroatoms. The molecule has 0 aliphatic rings. The highest BCUT2D eigenvalue weighted by Crippen LogP contribution is 2.19. The third-order valence-electron chi connectivity index (χ3n) is 2.28. The Hall–Kier alpha value is -1.33. The average molecular weight is 256 g/mol. The molecule has 5 nitrogen and oxygen atoms in total. The lowest BCUT2D eigenvalue weighted by atomic mass is 10.2. The maximum Gasteiger partial charge on any atom is 0.371 e. The second-order valence-electron chi connectivity index (χ2n) is 4.49. The Morgan fingerprint density at radius 1 is 1.33 bits per heavy atom. The van der Waals surface area contributed by atoms with Gasteiger partial charge in [-0.05, 0) is 25.0 Å². The van der Waals surface area contributed by atoms with Gasteiger partial charge in [0.15, 0.2) is 0 Å². The van der Waals surface area contributed by atoms with Gasteiger partial charge in [0.05, 0.1) is 13.2 Å². The smallest absolute Gasteiger partial charge is 0.371 e.